The summed E-state index contributed by atoms with van der Waals surface area (Å²) in [5, 5.41) is 12.6. The highest BCUT2D eigenvalue weighted by atomic mass is 16.6. The molecule has 11 heteroatoms. The van der Waals surface area contributed by atoms with Gasteiger partial charge in [-0.25, -0.2) is 14.6 Å². The fourth-order valence-electron chi connectivity index (χ4n) is 4.75. The van der Waals surface area contributed by atoms with Gasteiger partial charge in [0.2, 0.25) is 5.43 Å². The van der Waals surface area contributed by atoms with Crippen LogP contribution in [0, 0.1) is 6.92 Å². The molecule has 40 heavy (non-hydrogen) atoms. The molecule has 0 bridgehead atoms. The first-order valence-electron chi connectivity index (χ1n) is 12.6. The molecule has 0 aliphatic carbocycles. The first-order valence-corrected chi connectivity index (χ1v) is 12.6. The van der Waals surface area contributed by atoms with Gasteiger partial charge < -0.3 is 24.0 Å². The number of hydrogen-bond acceptors (Lipinski definition) is 8. The number of benzene rings is 1. The van der Waals surface area contributed by atoms with E-state index in [1.165, 1.54) is 19.5 Å². The molecule has 4 heterocycles. The predicted molar refractivity (Wildman–Crippen MR) is 150 cm³/mol. The highest BCUT2D eigenvalue weighted by Gasteiger charge is 2.25. The van der Waals surface area contributed by atoms with Gasteiger partial charge in [-0.2, -0.15) is 0 Å². The topological polar surface area (TPSA) is 136 Å². The number of hydrogen-bond donors (Lipinski definition) is 2. The van der Waals surface area contributed by atoms with Crippen molar-refractivity contribution in [2.24, 2.45) is 0 Å². The molecule has 0 unspecified atom stereocenters. The van der Waals surface area contributed by atoms with Crippen LogP contribution < -0.4 is 20.4 Å². The number of aryl methyl sites for hydroxylation is 1. The summed E-state index contributed by atoms with van der Waals surface area (Å²) in [7, 11) is 1.51. The average molecular weight is 544 g/mol. The molecule has 1 aliphatic heterocycles. The molecule has 0 radical (unpaired) electrons. The molecular formula is C29H29N5O6. The molecule has 2 N–H and O–H groups in total. The predicted octanol–water partition coefficient (Wildman–Crippen LogP) is 4.66. The summed E-state index contributed by atoms with van der Waals surface area (Å²) in [5.41, 5.74) is 2.78. The number of carbonyl (C=O) groups is 2. The summed E-state index contributed by atoms with van der Waals surface area (Å²) in [6, 6.07) is 8.96. The van der Waals surface area contributed by atoms with E-state index in [1.54, 1.807) is 50.6 Å². The Kier molecular flexibility index (Phi) is 6.66. The van der Waals surface area contributed by atoms with Crippen LogP contribution in [0.4, 0.5) is 16.3 Å². The molecule has 0 spiro atoms. The van der Waals surface area contributed by atoms with Gasteiger partial charge in [0.25, 0.3) is 0 Å². The molecular weight excluding hydrogens is 514 g/mol. The Hall–Kier alpha value is -4.93. The highest BCUT2D eigenvalue weighted by molar-refractivity contribution is 5.95. The van der Waals surface area contributed by atoms with Gasteiger partial charge in [-0.15, -0.1) is 0 Å². The normalized spacial score (nSPS) is 12.8. The van der Waals surface area contributed by atoms with Crippen LogP contribution in [0.15, 0.2) is 53.7 Å². The summed E-state index contributed by atoms with van der Waals surface area (Å²) in [6.45, 7) is 8.24. The van der Waals surface area contributed by atoms with Crippen molar-refractivity contribution >= 4 is 34.5 Å². The largest absolute Gasteiger partial charge is 0.495 e. The summed E-state index contributed by atoms with van der Waals surface area (Å²) in [4.78, 5) is 48.4. The lowest BCUT2D eigenvalue weighted by Crippen LogP contribution is -2.27. The summed E-state index contributed by atoms with van der Waals surface area (Å²) in [5.74, 6) is -0.638. The van der Waals surface area contributed by atoms with E-state index in [-0.39, 0.29) is 11.2 Å². The number of carbonyl (C=O) groups excluding carboxylic acids is 1. The van der Waals surface area contributed by atoms with E-state index in [0.29, 0.717) is 35.6 Å². The molecule has 1 amide bonds. The quantitative estimate of drug-likeness (QED) is 0.368. The average Bonchev–Trinajstić information content (AvgIpc) is 3.31. The highest BCUT2D eigenvalue weighted by Crippen LogP contribution is 2.37. The standard InChI is InChI=1S/C29H29N5O6/c1-16-9-25(32-28(38)40-29(2,3)4)31-12-23(16)34-14-19(27(36)37)26(35)18-10-24(39-5)22(11-21(18)34)33-13-17-7-6-8-30-20(17)15-33/h6-12,14H,13,15H2,1-5H3,(H,36,37)(H,31,32,38). The SMILES string of the molecule is COc1cc2c(=O)c(C(=O)O)cn(-c3cnc(NC(=O)OC(C)(C)C)cc3C)c2cc1N1Cc2cccnc2C1. The minimum atomic E-state index is -1.35. The molecule has 0 saturated carbocycles. The van der Waals surface area contributed by atoms with E-state index < -0.39 is 28.7 Å². The smallest absolute Gasteiger partial charge is 0.413 e. The molecule has 0 saturated heterocycles. The molecule has 1 aliphatic rings. The van der Waals surface area contributed by atoms with Gasteiger partial charge in [-0.05, 0) is 63.1 Å². The molecule has 0 fully saturated rings. The third-order valence-electron chi connectivity index (χ3n) is 6.53. The number of methoxy groups -OCH3 is 1. The van der Waals surface area contributed by atoms with Crippen LogP contribution in [0.1, 0.15) is 48.0 Å². The fourth-order valence-corrected chi connectivity index (χ4v) is 4.75. The number of amides is 1. The minimum Gasteiger partial charge on any atom is -0.495 e. The Labute approximate surface area is 230 Å². The first kappa shape index (κ1) is 26.7. The van der Waals surface area contributed by atoms with Gasteiger partial charge >= 0.3 is 12.1 Å². The number of aromatic nitrogens is 3. The number of carboxylic acid groups (broad SMARTS) is 1. The zero-order valence-electron chi connectivity index (χ0n) is 22.8. The maximum atomic E-state index is 13.3. The van der Waals surface area contributed by atoms with Crippen LogP contribution in [-0.2, 0) is 17.8 Å². The lowest BCUT2D eigenvalue weighted by Gasteiger charge is -2.23. The lowest BCUT2D eigenvalue weighted by molar-refractivity contribution is 0.0633. The van der Waals surface area contributed by atoms with Gasteiger partial charge in [0.05, 0.1) is 47.8 Å². The Morgan fingerprint density at radius 1 is 1.10 bits per heavy atom. The third-order valence-corrected chi connectivity index (χ3v) is 6.53. The molecule has 206 valence electrons. The van der Waals surface area contributed by atoms with E-state index in [1.807, 2.05) is 18.2 Å². The summed E-state index contributed by atoms with van der Waals surface area (Å²) < 4.78 is 12.6. The number of pyridine rings is 3. The van der Waals surface area contributed by atoms with Crippen molar-refractivity contribution in [1.29, 1.82) is 0 Å². The maximum absolute atomic E-state index is 13.3. The monoisotopic (exact) mass is 543 g/mol. The first-order chi connectivity index (χ1) is 18.9. The number of ether oxygens (including phenoxy) is 2. The zero-order chi connectivity index (χ0) is 28.8. The fraction of sp³-hybridized carbons (Fsp3) is 0.276. The van der Waals surface area contributed by atoms with Crippen LogP contribution in [0.3, 0.4) is 0 Å². The van der Waals surface area contributed by atoms with E-state index in [4.69, 9.17) is 9.47 Å². The Morgan fingerprint density at radius 2 is 1.88 bits per heavy atom. The van der Waals surface area contributed by atoms with Gasteiger partial charge in [0.15, 0.2) is 0 Å². The second kappa shape index (κ2) is 9.99. The maximum Gasteiger partial charge on any atom is 0.413 e. The van der Waals surface area contributed by atoms with Crippen LogP contribution in [0.5, 0.6) is 5.75 Å². The van der Waals surface area contributed by atoms with Gasteiger partial charge in [0.1, 0.15) is 22.7 Å². The summed E-state index contributed by atoms with van der Waals surface area (Å²) >= 11 is 0. The minimum absolute atomic E-state index is 0.186. The lowest BCUT2D eigenvalue weighted by atomic mass is 10.1. The van der Waals surface area contributed by atoms with E-state index in [9.17, 15) is 19.5 Å². The van der Waals surface area contributed by atoms with Gasteiger partial charge in [0, 0.05) is 18.9 Å². The molecule has 0 atom stereocenters. The van der Waals surface area contributed by atoms with Crippen molar-refractivity contribution in [3.05, 3.63) is 81.5 Å². The van der Waals surface area contributed by atoms with Crippen molar-refractivity contribution in [1.82, 2.24) is 14.5 Å². The number of nitrogens with zero attached hydrogens (tertiary/aromatic N) is 4. The van der Waals surface area contributed by atoms with Crippen molar-refractivity contribution in [2.45, 2.75) is 46.4 Å². The third kappa shape index (κ3) is 5.05. The van der Waals surface area contributed by atoms with Gasteiger partial charge in [-0.1, -0.05) is 6.07 Å². The van der Waals surface area contributed by atoms with Crippen molar-refractivity contribution in [2.75, 3.05) is 17.3 Å². The summed E-state index contributed by atoms with van der Waals surface area (Å²) in [6.07, 6.45) is 3.92. The Morgan fingerprint density at radius 3 is 2.52 bits per heavy atom. The molecule has 4 aromatic rings. The zero-order valence-corrected chi connectivity index (χ0v) is 22.8. The van der Waals surface area contributed by atoms with E-state index in [0.717, 1.165) is 16.9 Å². The van der Waals surface area contributed by atoms with E-state index >= 15 is 0 Å². The Bertz CT molecular complexity index is 1700. The van der Waals surface area contributed by atoms with Crippen LogP contribution in [0.2, 0.25) is 0 Å². The van der Waals surface area contributed by atoms with Crippen LogP contribution >= 0.6 is 0 Å². The number of nitrogens with one attached hydrogen (secondary N) is 1. The second-order valence-corrected chi connectivity index (χ2v) is 10.5. The van der Waals surface area contributed by atoms with Crippen molar-refractivity contribution < 1.29 is 24.2 Å². The number of aromatic carboxylic acids is 1. The van der Waals surface area contributed by atoms with Crippen LogP contribution in [0.25, 0.3) is 16.6 Å². The number of rotatable bonds is 5. The number of fused-ring (bicyclic) bond motifs is 2. The number of anilines is 2. The second-order valence-electron chi connectivity index (χ2n) is 10.5. The molecule has 1 aromatic carbocycles. The van der Waals surface area contributed by atoms with Crippen molar-refractivity contribution in [3.63, 3.8) is 0 Å². The van der Waals surface area contributed by atoms with Crippen molar-refractivity contribution in [3.8, 4) is 11.4 Å². The van der Waals surface area contributed by atoms with E-state index in [2.05, 4.69) is 20.2 Å². The van der Waals surface area contributed by atoms with Gasteiger partial charge in [-0.3, -0.25) is 15.1 Å². The number of carboxylic acids is 1. The van der Waals surface area contributed by atoms with Crippen LogP contribution in [-0.4, -0.2) is 44.4 Å². The molecule has 3 aromatic heterocycles. The molecule has 11 nitrogen and oxygen atoms in total. The molecule has 5 rings (SSSR count). The Balaban J connectivity index is 1.64.